The Morgan fingerprint density at radius 3 is 2.62 bits per heavy atom. The van der Waals surface area contributed by atoms with Gasteiger partial charge in [0.15, 0.2) is 0 Å². The van der Waals surface area contributed by atoms with Crippen LogP contribution in [0.4, 0.5) is 0 Å². The standard InChI is InChI=1S/C22H30O2/c1-16(2)8-6-9-17(3)10-7-12-22(5)13-11-20-18(4)14-19(23)15-21(20)24-22/h8,10-11,13-15,23H,6-7,9,12H2,1-5H3/t22-/m1/s1. The van der Waals surface area contributed by atoms with Crippen molar-refractivity contribution in [1.29, 1.82) is 0 Å². The normalized spacial score (nSPS) is 19.6. The van der Waals surface area contributed by atoms with Gasteiger partial charge in [-0.15, -0.1) is 0 Å². The zero-order valence-electron chi connectivity index (χ0n) is 15.6. The van der Waals surface area contributed by atoms with Gasteiger partial charge in [0.1, 0.15) is 17.1 Å². The van der Waals surface area contributed by atoms with E-state index < -0.39 is 0 Å². The van der Waals surface area contributed by atoms with Crippen molar-refractivity contribution in [3.8, 4) is 11.5 Å². The number of benzene rings is 1. The molecular formula is C22H30O2. The molecule has 0 spiro atoms. The minimum Gasteiger partial charge on any atom is -0.508 e. The molecule has 0 radical (unpaired) electrons. The summed E-state index contributed by atoms with van der Waals surface area (Å²) in [5.41, 5.74) is 4.61. The van der Waals surface area contributed by atoms with Crippen molar-refractivity contribution in [3.63, 3.8) is 0 Å². The molecule has 0 aliphatic carbocycles. The molecule has 24 heavy (non-hydrogen) atoms. The van der Waals surface area contributed by atoms with Crippen LogP contribution in [0.25, 0.3) is 6.08 Å². The van der Waals surface area contributed by atoms with E-state index in [-0.39, 0.29) is 11.4 Å². The maximum atomic E-state index is 9.79. The number of aromatic hydroxyl groups is 1. The monoisotopic (exact) mass is 326 g/mol. The Labute approximate surface area is 146 Å². The molecule has 0 fully saturated rings. The number of rotatable bonds is 6. The summed E-state index contributed by atoms with van der Waals surface area (Å²) in [7, 11) is 0. The van der Waals surface area contributed by atoms with E-state index >= 15 is 0 Å². The van der Waals surface area contributed by atoms with E-state index in [1.807, 2.05) is 6.92 Å². The van der Waals surface area contributed by atoms with Crippen molar-refractivity contribution in [2.45, 2.75) is 65.9 Å². The molecule has 0 amide bonds. The molecule has 2 nitrogen and oxygen atoms in total. The quantitative estimate of drug-likeness (QED) is 0.618. The highest BCUT2D eigenvalue weighted by Gasteiger charge is 2.27. The predicted molar refractivity (Wildman–Crippen MR) is 103 cm³/mol. The van der Waals surface area contributed by atoms with Gasteiger partial charge in [0, 0.05) is 11.6 Å². The lowest BCUT2D eigenvalue weighted by atomic mass is 9.93. The van der Waals surface area contributed by atoms with Gasteiger partial charge in [0.05, 0.1) is 0 Å². The average Bonchev–Trinajstić information content (AvgIpc) is 2.45. The Morgan fingerprint density at radius 2 is 1.92 bits per heavy atom. The number of aryl methyl sites for hydroxylation is 1. The molecule has 1 N–H and O–H groups in total. The predicted octanol–water partition coefficient (Wildman–Crippen LogP) is 6.34. The molecule has 1 aromatic carbocycles. The highest BCUT2D eigenvalue weighted by atomic mass is 16.5. The van der Waals surface area contributed by atoms with E-state index in [2.05, 4.69) is 52.0 Å². The second-order valence-electron chi connectivity index (χ2n) is 7.33. The zero-order chi connectivity index (χ0) is 17.7. The summed E-state index contributed by atoms with van der Waals surface area (Å²) in [6.07, 6.45) is 13.0. The van der Waals surface area contributed by atoms with Crippen LogP contribution in [0.3, 0.4) is 0 Å². The molecule has 0 saturated carbocycles. The summed E-state index contributed by atoms with van der Waals surface area (Å²) in [6.45, 7) is 10.6. The van der Waals surface area contributed by atoms with E-state index in [1.54, 1.807) is 12.1 Å². The van der Waals surface area contributed by atoms with Crippen molar-refractivity contribution < 1.29 is 9.84 Å². The second kappa shape index (κ2) is 7.74. The molecule has 1 atom stereocenters. The Balaban J connectivity index is 1.95. The summed E-state index contributed by atoms with van der Waals surface area (Å²) in [5, 5.41) is 9.79. The molecule has 1 aromatic rings. The second-order valence-corrected chi connectivity index (χ2v) is 7.33. The molecule has 0 saturated heterocycles. The number of hydrogen-bond acceptors (Lipinski definition) is 2. The van der Waals surface area contributed by atoms with Crippen LogP contribution in [0.2, 0.25) is 0 Å². The van der Waals surface area contributed by atoms with Gasteiger partial charge in [0.25, 0.3) is 0 Å². The Morgan fingerprint density at radius 1 is 1.17 bits per heavy atom. The van der Waals surface area contributed by atoms with Crippen molar-refractivity contribution in [3.05, 3.63) is 52.6 Å². The smallest absolute Gasteiger partial charge is 0.131 e. The highest BCUT2D eigenvalue weighted by Crippen LogP contribution is 2.37. The third kappa shape index (κ3) is 5.02. The van der Waals surface area contributed by atoms with Gasteiger partial charge in [-0.3, -0.25) is 0 Å². The zero-order valence-corrected chi connectivity index (χ0v) is 15.6. The van der Waals surface area contributed by atoms with Gasteiger partial charge in [-0.2, -0.15) is 0 Å². The summed E-state index contributed by atoms with van der Waals surface area (Å²) in [5.74, 6) is 1.04. The van der Waals surface area contributed by atoms with E-state index in [0.717, 1.165) is 42.6 Å². The van der Waals surface area contributed by atoms with E-state index in [9.17, 15) is 5.11 Å². The lowest BCUT2D eigenvalue weighted by molar-refractivity contribution is 0.128. The molecule has 0 unspecified atom stereocenters. The number of ether oxygens (including phenoxy) is 1. The summed E-state index contributed by atoms with van der Waals surface area (Å²) in [4.78, 5) is 0. The number of hydrogen-bond donors (Lipinski definition) is 1. The van der Waals surface area contributed by atoms with Crippen LogP contribution in [0.5, 0.6) is 11.5 Å². The van der Waals surface area contributed by atoms with E-state index in [4.69, 9.17) is 4.74 Å². The molecule has 1 aliphatic rings. The Bertz CT molecular complexity index is 675. The molecule has 0 bridgehead atoms. The summed E-state index contributed by atoms with van der Waals surface area (Å²) < 4.78 is 6.19. The van der Waals surface area contributed by atoms with Crippen LogP contribution < -0.4 is 4.74 Å². The highest BCUT2D eigenvalue weighted by molar-refractivity contribution is 5.65. The first-order chi connectivity index (χ1) is 11.3. The fourth-order valence-electron chi connectivity index (χ4n) is 3.02. The maximum Gasteiger partial charge on any atom is 0.131 e. The van der Waals surface area contributed by atoms with Gasteiger partial charge in [-0.1, -0.05) is 29.4 Å². The van der Waals surface area contributed by atoms with Crippen LogP contribution in [0.1, 0.15) is 64.5 Å². The Kier molecular flexibility index (Phi) is 5.93. The average molecular weight is 326 g/mol. The van der Waals surface area contributed by atoms with Gasteiger partial charge >= 0.3 is 0 Å². The van der Waals surface area contributed by atoms with E-state index in [0.29, 0.717) is 0 Å². The van der Waals surface area contributed by atoms with Crippen LogP contribution in [0, 0.1) is 6.92 Å². The fraction of sp³-hybridized carbons (Fsp3) is 0.455. The first-order valence-corrected chi connectivity index (χ1v) is 8.80. The first-order valence-electron chi connectivity index (χ1n) is 8.80. The number of allylic oxidation sites excluding steroid dienone is 4. The largest absolute Gasteiger partial charge is 0.508 e. The molecular weight excluding hydrogens is 296 g/mol. The molecule has 1 heterocycles. The van der Waals surface area contributed by atoms with Crippen molar-refractivity contribution in [2.24, 2.45) is 0 Å². The van der Waals surface area contributed by atoms with Gasteiger partial charge < -0.3 is 9.84 Å². The van der Waals surface area contributed by atoms with Gasteiger partial charge in [-0.25, -0.2) is 0 Å². The fourth-order valence-corrected chi connectivity index (χ4v) is 3.02. The summed E-state index contributed by atoms with van der Waals surface area (Å²) in [6, 6.07) is 3.48. The van der Waals surface area contributed by atoms with E-state index in [1.165, 1.54) is 11.1 Å². The van der Waals surface area contributed by atoms with Crippen molar-refractivity contribution in [1.82, 2.24) is 0 Å². The maximum absolute atomic E-state index is 9.79. The van der Waals surface area contributed by atoms with Crippen molar-refractivity contribution in [2.75, 3.05) is 0 Å². The van der Waals surface area contributed by atoms with Crippen molar-refractivity contribution >= 4 is 6.08 Å². The third-order valence-corrected chi connectivity index (χ3v) is 4.50. The Hall–Kier alpha value is -1.96. The third-order valence-electron chi connectivity index (χ3n) is 4.50. The molecule has 2 heteroatoms. The van der Waals surface area contributed by atoms with Gasteiger partial charge in [0.2, 0.25) is 0 Å². The SMILES string of the molecule is CC(C)=CCCC(C)=CCC[C@]1(C)C=Cc2c(C)cc(O)cc2O1. The minimum absolute atomic E-state index is 0.263. The van der Waals surface area contributed by atoms with Crippen LogP contribution in [0.15, 0.2) is 41.5 Å². The minimum atomic E-state index is -0.316. The summed E-state index contributed by atoms with van der Waals surface area (Å²) >= 11 is 0. The molecule has 2 rings (SSSR count). The van der Waals surface area contributed by atoms with Crippen LogP contribution in [-0.2, 0) is 0 Å². The van der Waals surface area contributed by atoms with Gasteiger partial charge in [-0.05, 0) is 78.0 Å². The topological polar surface area (TPSA) is 29.5 Å². The van der Waals surface area contributed by atoms with Crippen LogP contribution in [-0.4, -0.2) is 10.7 Å². The number of phenolic OH excluding ortho intramolecular Hbond substituents is 1. The molecule has 1 aliphatic heterocycles. The lowest BCUT2D eigenvalue weighted by Crippen LogP contribution is -2.31. The number of phenols is 1. The molecule has 0 aromatic heterocycles. The lowest BCUT2D eigenvalue weighted by Gasteiger charge is -2.32. The number of fused-ring (bicyclic) bond motifs is 1. The molecule has 130 valence electrons. The van der Waals surface area contributed by atoms with Crippen LogP contribution >= 0.6 is 0 Å². The first kappa shape index (κ1) is 18.4.